The molecule has 0 fully saturated rings. The van der Waals surface area contributed by atoms with Crippen molar-refractivity contribution in [3.63, 3.8) is 0 Å². The van der Waals surface area contributed by atoms with Gasteiger partial charge in [0.2, 0.25) is 0 Å². The van der Waals surface area contributed by atoms with Gasteiger partial charge in [-0.25, -0.2) is 4.57 Å². The fourth-order valence-corrected chi connectivity index (χ4v) is 7.08. The number of hydrogen-bond donors (Lipinski definition) is 0. The number of hydrogen-bond acceptors (Lipinski definition) is 8. The van der Waals surface area contributed by atoms with E-state index in [1.54, 1.807) is 17.0 Å². The molecule has 0 aromatic carbocycles. The first-order valence-electron chi connectivity index (χ1n) is 22.6. The Morgan fingerprint density at radius 1 is 0.571 bits per heavy atom. The maximum atomic E-state index is 12.7. The van der Waals surface area contributed by atoms with Crippen LogP contribution in [-0.4, -0.2) is 37.9 Å². The third kappa shape index (κ3) is 34.9. The summed E-state index contributed by atoms with van der Waals surface area (Å²) in [5.41, 5.74) is 0. The van der Waals surface area contributed by atoms with Crippen LogP contribution in [0.3, 0.4) is 0 Å². The summed E-state index contributed by atoms with van der Waals surface area (Å²) in [7, 11) is -4.68. The summed E-state index contributed by atoms with van der Waals surface area (Å²) in [4.78, 5) is 37.7. The summed E-state index contributed by atoms with van der Waals surface area (Å²) in [5, 5.41) is 0. The molecule has 1 unspecified atom stereocenters. The van der Waals surface area contributed by atoms with Crippen molar-refractivity contribution in [3.8, 4) is 0 Å². The summed E-state index contributed by atoms with van der Waals surface area (Å²) in [5.74, 6) is -0.867. The van der Waals surface area contributed by atoms with Gasteiger partial charge in [0.15, 0.2) is 25.0 Å². The van der Waals surface area contributed by atoms with E-state index in [2.05, 4.69) is 38.2 Å². The number of pyridine rings is 1. The van der Waals surface area contributed by atoms with Gasteiger partial charge in [0.05, 0.1) is 6.61 Å². The number of rotatable bonds is 40. The Hall–Kier alpha value is -2.32. The minimum atomic E-state index is -4.68. The maximum Gasteiger partial charge on any atom is 0.306 e. The number of carbonyl (C=O) groups excluding carboxylic acids is 2. The Labute approximate surface area is 342 Å². The average molecular weight is 806 g/mol. The first kappa shape index (κ1) is 51.7. The van der Waals surface area contributed by atoms with Gasteiger partial charge < -0.3 is 23.4 Å². The van der Waals surface area contributed by atoms with Crippen LogP contribution in [0.25, 0.3) is 0 Å². The Bertz CT molecular complexity index is 1160. The smallest absolute Gasteiger partial charge is 0.306 e. The van der Waals surface area contributed by atoms with Crippen LogP contribution >= 0.6 is 7.82 Å². The zero-order chi connectivity index (χ0) is 40.6. The van der Waals surface area contributed by atoms with E-state index in [9.17, 15) is 19.0 Å². The molecule has 0 radical (unpaired) electrons. The number of ether oxygens (including phenoxy) is 2. The average Bonchev–Trinajstić information content (AvgIpc) is 3.19. The van der Waals surface area contributed by atoms with E-state index in [-0.39, 0.29) is 26.1 Å². The van der Waals surface area contributed by atoms with Gasteiger partial charge in [-0.15, -0.1) is 0 Å². The Morgan fingerprint density at radius 2 is 1.00 bits per heavy atom. The molecule has 0 aliphatic rings. The Balaban J connectivity index is 2.33. The number of phosphoric acid groups is 1. The highest BCUT2D eigenvalue weighted by molar-refractivity contribution is 7.45. The zero-order valence-electron chi connectivity index (χ0n) is 35.6. The third-order valence-corrected chi connectivity index (χ3v) is 10.8. The first-order valence-corrected chi connectivity index (χ1v) is 24.0. The van der Waals surface area contributed by atoms with Gasteiger partial charge in [-0.3, -0.25) is 14.2 Å². The molecule has 1 heterocycles. The second-order valence-electron chi connectivity index (χ2n) is 15.2. The monoisotopic (exact) mass is 806 g/mol. The molecule has 9 nitrogen and oxygen atoms in total. The largest absolute Gasteiger partial charge is 0.756 e. The highest BCUT2D eigenvalue weighted by Crippen LogP contribution is 2.38. The van der Waals surface area contributed by atoms with E-state index in [0.29, 0.717) is 19.4 Å². The van der Waals surface area contributed by atoms with E-state index >= 15 is 0 Å². The van der Waals surface area contributed by atoms with Crippen LogP contribution in [0, 0.1) is 0 Å². The number of esters is 2. The highest BCUT2D eigenvalue weighted by atomic mass is 31.2. The van der Waals surface area contributed by atoms with Gasteiger partial charge in [0, 0.05) is 25.0 Å². The maximum absolute atomic E-state index is 12.7. The van der Waals surface area contributed by atoms with Crippen molar-refractivity contribution in [2.45, 2.75) is 206 Å². The molecular formula is C46H80NO8P. The molecule has 322 valence electrons. The standard InChI is InChI=1S/C46H80NO8P/c1-3-5-7-9-11-13-15-17-19-21-23-25-27-29-32-36-45(48)52-42-44(43-54-56(50,51)53-41-40-47-38-34-31-35-39-47)55-46(49)37-33-30-28-26-24-22-20-18-16-14-12-10-8-6-4-2/h17-20,31,34-35,38-39,44H,3-16,21-30,32-33,36-37,40-43H2,1-2H3/b19-17-,20-18-/t44-/m1/s1. The number of allylic oxidation sites excluding steroid dienone is 4. The van der Waals surface area contributed by atoms with Crippen LogP contribution in [0.5, 0.6) is 0 Å². The SMILES string of the molecule is CCCCCCCC/C=C\CCCCCCCC(=O)OC[C@H](COP(=O)([O-])OCC[n+]1ccccc1)OC(=O)CCCCCCC/C=C\CCCCCCCC. The highest BCUT2D eigenvalue weighted by Gasteiger charge is 2.21. The molecule has 0 saturated heterocycles. The number of carbonyl (C=O) groups is 2. The minimum absolute atomic E-state index is 0.111. The number of phosphoric ester groups is 1. The second kappa shape index (κ2) is 38.2. The van der Waals surface area contributed by atoms with E-state index in [1.165, 1.54) is 89.9 Å². The molecule has 0 aliphatic carbocycles. The van der Waals surface area contributed by atoms with Crippen molar-refractivity contribution in [3.05, 3.63) is 54.9 Å². The van der Waals surface area contributed by atoms with E-state index in [0.717, 1.165) is 64.2 Å². The molecule has 0 amide bonds. The lowest BCUT2D eigenvalue weighted by Crippen LogP contribution is -2.35. The van der Waals surface area contributed by atoms with Crippen LogP contribution in [0.15, 0.2) is 54.9 Å². The van der Waals surface area contributed by atoms with E-state index in [4.69, 9.17) is 18.5 Å². The molecule has 1 aromatic rings. The number of aromatic nitrogens is 1. The van der Waals surface area contributed by atoms with E-state index < -0.39 is 32.5 Å². The Morgan fingerprint density at radius 3 is 1.48 bits per heavy atom. The van der Waals surface area contributed by atoms with Gasteiger partial charge >= 0.3 is 11.9 Å². The van der Waals surface area contributed by atoms with Gasteiger partial charge in [-0.05, 0) is 64.2 Å². The lowest BCUT2D eigenvalue weighted by molar-refractivity contribution is -0.697. The molecular weight excluding hydrogens is 725 g/mol. The summed E-state index contributed by atoms with van der Waals surface area (Å²) in [6.07, 6.45) is 42.6. The quantitative estimate of drug-likeness (QED) is 0.0212. The lowest BCUT2D eigenvalue weighted by atomic mass is 10.1. The zero-order valence-corrected chi connectivity index (χ0v) is 36.5. The molecule has 1 rings (SSSR count). The van der Waals surface area contributed by atoms with Crippen molar-refractivity contribution in [1.29, 1.82) is 0 Å². The topological polar surface area (TPSA) is 115 Å². The molecule has 0 spiro atoms. The fraction of sp³-hybridized carbons (Fsp3) is 0.761. The van der Waals surface area contributed by atoms with Crippen LogP contribution in [0.2, 0.25) is 0 Å². The van der Waals surface area contributed by atoms with Crippen molar-refractivity contribution >= 4 is 19.8 Å². The van der Waals surface area contributed by atoms with Gasteiger partial charge in [-0.2, -0.15) is 0 Å². The molecule has 0 N–H and O–H groups in total. The normalized spacial score (nSPS) is 13.3. The first-order chi connectivity index (χ1) is 27.4. The fourth-order valence-electron chi connectivity index (χ4n) is 6.35. The molecule has 0 bridgehead atoms. The minimum Gasteiger partial charge on any atom is -0.756 e. The number of nitrogens with zero attached hydrogens (tertiary/aromatic N) is 1. The second-order valence-corrected chi connectivity index (χ2v) is 16.6. The van der Waals surface area contributed by atoms with Crippen LogP contribution in [0.1, 0.15) is 194 Å². The summed E-state index contributed by atoms with van der Waals surface area (Å²) in [6, 6.07) is 5.54. The molecule has 0 aliphatic heterocycles. The summed E-state index contributed by atoms with van der Waals surface area (Å²) in [6.45, 7) is 3.94. The predicted molar refractivity (Wildman–Crippen MR) is 226 cm³/mol. The lowest BCUT2D eigenvalue weighted by Gasteiger charge is -2.25. The van der Waals surface area contributed by atoms with Crippen molar-refractivity contribution in [2.75, 3.05) is 19.8 Å². The van der Waals surface area contributed by atoms with Crippen molar-refractivity contribution in [1.82, 2.24) is 0 Å². The van der Waals surface area contributed by atoms with Crippen LogP contribution in [0.4, 0.5) is 0 Å². The molecule has 2 atom stereocenters. The Kier molecular flexibility index (Phi) is 35.3. The van der Waals surface area contributed by atoms with Gasteiger partial charge in [0.1, 0.15) is 13.2 Å². The predicted octanol–water partition coefficient (Wildman–Crippen LogP) is 12.0. The van der Waals surface area contributed by atoms with Gasteiger partial charge in [0.25, 0.3) is 7.82 Å². The molecule has 56 heavy (non-hydrogen) atoms. The van der Waals surface area contributed by atoms with Crippen LogP contribution < -0.4 is 9.46 Å². The molecule has 0 saturated carbocycles. The molecule has 1 aromatic heterocycles. The number of unbranched alkanes of at least 4 members (excludes halogenated alkanes) is 22. The van der Waals surface area contributed by atoms with Crippen molar-refractivity contribution in [2.24, 2.45) is 0 Å². The van der Waals surface area contributed by atoms with E-state index in [1.807, 2.05) is 18.2 Å². The summed E-state index contributed by atoms with van der Waals surface area (Å²) < 4.78 is 35.3. The third-order valence-electron chi connectivity index (χ3n) is 9.81. The van der Waals surface area contributed by atoms with Gasteiger partial charge in [-0.1, -0.05) is 147 Å². The molecule has 10 heteroatoms. The summed E-state index contributed by atoms with van der Waals surface area (Å²) >= 11 is 0. The van der Waals surface area contributed by atoms with Crippen LogP contribution in [-0.2, 0) is 39.2 Å². The van der Waals surface area contributed by atoms with Crippen molar-refractivity contribution < 1.29 is 42.1 Å².